The highest BCUT2D eigenvalue weighted by atomic mass is 14.8. The van der Waals surface area contributed by atoms with Gasteiger partial charge in [0.25, 0.3) is 0 Å². The Morgan fingerprint density at radius 2 is 2.06 bits per heavy atom. The molecule has 2 atom stereocenters. The summed E-state index contributed by atoms with van der Waals surface area (Å²) < 4.78 is 0. The molecule has 1 N–H and O–H groups in total. The Morgan fingerprint density at radius 3 is 2.83 bits per heavy atom. The van der Waals surface area contributed by atoms with Gasteiger partial charge in [0.05, 0.1) is 0 Å². The molecule has 0 spiro atoms. The lowest BCUT2D eigenvalue weighted by molar-refractivity contribution is 0.268. The van der Waals surface area contributed by atoms with E-state index in [1.807, 2.05) is 12.4 Å². The highest BCUT2D eigenvalue weighted by molar-refractivity contribution is 5.09. The molecule has 1 aliphatic carbocycles. The van der Waals surface area contributed by atoms with Gasteiger partial charge in [0.1, 0.15) is 0 Å². The average molecular weight is 246 g/mol. The van der Waals surface area contributed by atoms with Crippen LogP contribution in [0.1, 0.15) is 44.6 Å². The van der Waals surface area contributed by atoms with Crippen LogP contribution in [0.25, 0.3) is 0 Å². The first-order valence-electron chi connectivity index (χ1n) is 7.44. The molecule has 1 heterocycles. The number of nitrogens with one attached hydrogen (secondary N) is 1. The SMILES string of the molecule is CC1CCCC(CCNCCc2ccncc2)C1. The van der Waals surface area contributed by atoms with E-state index >= 15 is 0 Å². The molecule has 1 saturated carbocycles. The first-order valence-corrected chi connectivity index (χ1v) is 7.44. The summed E-state index contributed by atoms with van der Waals surface area (Å²) in [5.41, 5.74) is 1.38. The minimum absolute atomic E-state index is 0.959. The van der Waals surface area contributed by atoms with Crippen LogP contribution in [0.3, 0.4) is 0 Å². The predicted molar refractivity (Wildman–Crippen MR) is 76.5 cm³/mol. The van der Waals surface area contributed by atoms with Crippen LogP contribution >= 0.6 is 0 Å². The van der Waals surface area contributed by atoms with Gasteiger partial charge in [-0.3, -0.25) is 4.98 Å². The lowest BCUT2D eigenvalue weighted by Crippen LogP contribution is -2.23. The van der Waals surface area contributed by atoms with Crippen LogP contribution in [0.5, 0.6) is 0 Å². The standard InChI is InChI=1S/C16H26N2/c1-14-3-2-4-16(13-14)8-12-18-11-7-15-5-9-17-10-6-15/h5-6,9-10,14,16,18H,2-4,7-8,11-13H2,1H3. The zero-order chi connectivity index (χ0) is 12.6. The molecule has 1 aromatic rings. The number of pyridine rings is 1. The van der Waals surface area contributed by atoms with Gasteiger partial charge in [-0.1, -0.05) is 26.2 Å². The second kappa shape index (κ2) is 7.52. The quantitative estimate of drug-likeness (QED) is 0.778. The molecular weight excluding hydrogens is 220 g/mol. The van der Waals surface area contributed by atoms with Gasteiger partial charge in [0.2, 0.25) is 0 Å². The van der Waals surface area contributed by atoms with Crippen molar-refractivity contribution >= 4 is 0 Å². The molecule has 2 rings (SSSR count). The van der Waals surface area contributed by atoms with E-state index in [4.69, 9.17) is 0 Å². The first-order chi connectivity index (χ1) is 8.84. The molecule has 1 fully saturated rings. The maximum absolute atomic E-state index is 4.04. The van der Waals surface area contributed by atoms with Gasteiger partial charge in [0, 0.05) is 12.4 Å². The second-order valence-electron chi connectivity index (χ2n) is 5.78. The largest absolute Gasteiger partial charge is 0.316 e. The molecule has 0 aromatic carbocycles. The Bertz CT molecular complexity index is 323. The molecule has 1 aromatic heterocycles. The molecule has 18 heavy (non-hydrogen) atoms. The summed E-state index contributed by atoms with van der Waals surface area (Å²) in [6.45, 7) is 4.68. The summed E-state index contributed by atoms with van der Waals surface area (Å²) in [6, 6.07) is 4.20. The van der Waals surface area contributed by atoms with E-state index in [2.05, 4.69) is 29.4 Å². The minimum Gasteiger partial charge on any atom is -0.316 e. The van der Waals surface area contributed by atoms with E-state index in [-0.39, 0.29) is 0 Å². The fourth-order valence-corrected chi connectivity index (χ4v) is 3.04. The van der Waals surface area contributed by atoms with Crippen molar-refractivity contribution in [1.82, 2.24) is 10.3 Å². The highest BCUT2D eigenvalue weighted by Gasteiger charge is 2.17. The molecule has 0 radical (unpaired) electrons. The third-order valence-electron chi connectivity index (χ3n) is 4.11. The van der Waals surface area contributed by atoms with Crippen LogP contribution in [-0.2, 0) is 6.42 Å². The Morgan fingerprint density at radius 1 is 1.22 bits per heavy atom. The Hall–Kier alpha value is -0.890. The van der Waals surface area contributed by atoms with Crippen molar-refractivity contribution < 1.29 is 0 Å². The molecule has 2 nitrogen and oxygen atoms in total. The van der Waals surface area contributed by atoms with Gasteiger partial charge >= 0.3 is 0 Å². The van der Waals surface area contributed by atoms with Crippen LogP contribution in [0.4, 0.5) is 0 Å². The smallest absolute Gasteiger partial charge is 0.0270 e. The van der Waals surface area contributed by atoms with Gasteiger partial charge < -0.3 is 5.32 Å². The maximum atomic E-state index is 4.04. The van der Waals surface area contributed by atoms with Crippen LogP contribution in [0, 0.1) is 11.8 Å². The summed E-state index contributed by atoms with van der Waals surface area (Å²) in [7, 11) is 0. The number of hydrogen-bond donors (Lipinski definition) is 1. The molecule has 2 heteroatoms. The molecule has 0 amide bonds. The zero-order valence-electron chi connectivity index (χ0n) is 11.6. The van der Waals surface area contributed by atoms with Gasteiger partial charge in [0.15, 0.2) is 0 Å². The second-order valence-corrected chi connectivity index (χ2v) is 5.78. The van der Waals surface area contributed by atoms with E-state index in [9.17, 15) is 0 Å². The average Bonchev–Trinajstić information content (AvgIpc) is 2.40. The predicted octanol–water partition coefficient (Wildman–Crippen LogP) is 3.43. The van der Waals surface area contributed by atoms with Crippen LogP contribution in [0.2, 0.25) is 0 Å². The number of rotatable bonds is 6. The maximum Gasteiger partial charge on any atom is 0.0270 e. The molecule has 0 saturated heterocycles. The number of aromatic nitrogens is 1. The van der Waals surface area contributed by atoms with Crippen LogP contribution in [0.15, 0.2) is 24.5 Å². The number of hydrogen-bond acceptors (Lipinski definition) is 2. The normalized spacial score (nSPS) is 24.1. The van der Waals surface area contributed by atoms with Gasteiger partial charge in [-0.15, -0.1) is 0 Å². The Kier molecular flexibility index (Phi) is 5.66. The van der Waals surface area contributed by atoms with Crippen LogP contribution < -0.4 is 5.32 Å². The molecule has 2 unspecified atom stereocenters. The van der Waals surface area contributed by atoms with E-state index < -0.39 is 0 Å². The van der Waals surface area contributed by atoms with E-state index in [1.165, 1.54) is 44.2 Å². The zero-order valence-corrected chi connectivity index (χ0v) is 11.6. The summed E-state index contributed by atoms with van der Waals surface area (Å²) in [5, 5.41) is 3.58. The first kappa shape index (κ1) is 13.5. The van der Waals surface area contributed by atoms with Crippen LogP contribution in [-0.4, -0.2) is 18.1 Å². The van der Waals surface area contributed by atoms with E-state index in [1.54, 1.807) is 0 Å². The highest BCUT2D eigenvalue weighted by Crippen LogP contribution is 2.30. The van der Waals surface area contributed by atoms with E-state index in [0.717, 1.165) is 24.8 Å². The lowest BCUT2D eigenvalue weighted by Gasteiger charge is -2.26. The third-order valence-corrected chi connectivity index (χ3v) is 4.11. The van der Waals surface area contributed by atoms with Gasteiger partial charge in [-0.2, -0.15) is 0 Å². The monoisotopic (exact) mass is 246 g/mol. The summed E-state index contributed by atoms with van der Waals surface area (Å²) in [6.07, 6.45) is 12.0. The molecular formula is C16H26N2. The lowest BCUT2D eigenvalue weighted by atomic mass is 9.81. The Balaban J connectivity index is 1.53. The summed E-state index contributed by atoms with van der Waals surface area (Å²) in [4.78, 5) is 4.04. The molecule has 1 aliphatic rings. The Labute approximate surface area is 111 Å². The molecule has 0 bridgehead atoms. The van der Waals surface area contributed by atoms with Crippen molar-refractivity contribution in [3.05, 3.63) is 30.1 Å². The third kappa shape index (κ3) is 4.77. The topological polar surface area (TPSA) is 24.9 Å². The van der Waals surface area contributed by atoms with Crippen molar-refractivity contribution in [2.24, 2.45) is 11.8 Å². The van der Waals surface area contributed by atoms with Gasteiger partial charge in [-0.05, 0) is 61.9 Å². The van der Waals surface area contributed by atoms with Crippen molar-refractivity contribution in [2.45, 2.75) is 45.4 Å². The summed E-state index contributed by atoms with van der Waals surface area (Å²) in [5.74, 6) is 1.93. The molecule has 100 valence electrons. The minimum atomic E-state index is 0.959. The fourth-order valence-electron chi connectivity index (χ4n) is 3.04. The molecule has 0 aliphatic heterocycles. The van der Waals surface area contributed by atoms with E-state index in [0.29, 0.717) is 0 Å². The fraction of sp³-hybridized carbons (Fsp3) is 0.688. The summed E-state index contributed by atoms with van der Waals surface area (Å²) >= 11 is 0. The number of nitrogens with zero attached hydrogens (tertiary/aromatic N) is 1. The van der Waals surface area contributed by atoms with Crippen molar-refractivity contribution in [3.8, 4) is 0 Å². The van der Waals surface area contributed by atoms with Gasteiger partial charge in [-0.25, -0.2) is 0 Å². The van der Waals surface area contributed by atoms with Crippen molar-refractivity contribution in [1.29, 1.82) is 0 Å². The van der Waals surface area contributed by atoms with Crippen molar-refractivity contribution in [2.75, 3.05) is 13.1 Å². The van der Waals surface area contributed by atoms with Crippen molar-refractivity contribution in [3.63, 3.8) is 0 Å².